The standard InChI is InChI=1S/C63H40N4O/c1-4-16-41(17-5-1)48-36-49(42-18-6-2-7-19-42)38-50(37-48)52-26-15-27-56-53-24-10-12-28-57(53)67(60(52)56)51-23-14-22-46(39-51)43-30-32-45(33-31-43)62-64-61(44-20-8-3-9-21-44)65-63(66-62)47-34-35-55-54-25-11-13-29-58(54)68-59(55)40-47/h1-40H/i10D,12D,24D,28D. The van der Waals surface area contributed by atoms with Crippen LogP contribution in [-0.4, -0.2) is 19.5 Å². The Hall–Kier alpha value is -9.19. The van der Waals surface area contributed by atoms with E-state index in [1.165, 1.54) is 0 Å². The van der Waals surface area contributed by atoms with E-state index in [0.717, 1.165) is 99.7 Å². The predicted molar refractivity (Wildman–Crippen MR) is 279 cm³/mol. The fraction of sp³-hybridized carbons (Fsp3) is 0. The van der Waals surface area contributed by atoms with E-state index >= 15 is 0 Å². The van der Waals surface area contributed by atoms with Gasteiger partial charge in [-0.2, -0.15) is 0 Å². The highest BCUT2D eigenvalue weighted by atomic mass is 16.3. The van der Waals surface area contributed by atoms with Crippen LogP contribution in [0.1, 0.15) is 5.48 Å². The van der Waals surface area contributed by atoms with Crippen LogP contribution in [0.4, 0.5) is 0 Å². The topological polar surface area (TPSA) is 56.7 Å². The number of para-hydroxylation sites is 3. The third kappa shape index (κ3) is 6.93. The average Bonchev–Trinajstić information content (AvgIpc) is 4.01. The smallest absolute Gasteiger partial charge is 0.164 e. The van der Waals surface area contributed by atoms with Crippen molar-refractivity contribution in [1.82, 2.24) is 19.5 Å². The summed E-state index contributed by atoms with van der Waals surface area (Å²) in [6.45, 7) is 0. The van der Waals surface area contributed by atoms with Crippen molar-refractivity contribution in [3.8, 4) is 84.4 Å². The van der Waals surface area contributed by atoms with Crippen LogP contribution in [-0.2, 0) is 0 Å². The molecular weight excluding hydrogens is 829 g/mol. The quantitative estimate of drug-likeness (QED) is 0.153. The molecular formula is C63H40N4O. The lowest BCUT2D eigenvalue weighted by Gasteiger charge is -2.15. The molecule has 0 N–H and O–H groups in total. The number of fused-ring (bicyclic) bond motifs is 6. The molecule has 0 radical (unpaired) electrons. The molecule has 0 amide bonds. The SMILES string of the molecule is [2H]c1c([2H])c([2H])c2c(c1[2H])c1cccc(-c3cc(-c4ccccc4)cc(-c4ccccc4)c3)c1n2-c1cccc(-c2ccc(-c3nc(-c4ccccc4)nc(-c4ccc5c(c4)oc4ccccc45)n3)cc2)c1. The fourth-order valence-electron chi connectivity index (χ4n) is 9.49. The van der Waals surface area contributed by atoms with Gasteiger partial charge in [0.2, 0.25) is 0 Å². The minimum atomic E-state index is -0.283. The summed E-state index contributed by atoms with van der Waals surface area (Å²) >= 11 is 0. The van der Waals surface area contributed by atoms with E-state index in [-0.39, 0.29) is 24.2 Å². The first kappa shape index (κ1) is 35.1. The molecule has 0 spiro atoms. The van der Waals surface area contributed by atoms with Gasteiger partial charge in [0.05, 0.1) is 16.5 Å². The van der Waals surface area contributed by atoms with E-state index in [1.54, 1.807) is 0 Å². The van der Waals surface area contributed by atoms with Crippen molar-refractivity contribution in [3.05, 3.63) is 243 Å². The molecule has 0 aliphatic carbocycles. The molecule has 0 saturated heterocycles. The van der Waals surface area contributed by atoms with Crippen LogP contribution in [0.15, 0.2) is 247 Å². The number of hydrogen-bond acceptors (Lipinski definition) is 4. The Morgan fingerprint density at radius 3 is 1.57 bits per heavy atom. The number of benzene rings is 10. The van der Waals surface area contributed by atoms with E-state index in [0.29, 0.717) is 28.4 Å². The molecule has 0 aliphatic heterocycles. The Balaban J connectivity index is 0.948. The Morgan fingerprint density at radius 1 is 0.338 bits per heavy atom. The van der Waals surface area contributed by atoms with Crippen LogP contribution in [0.3, 0.4) is 0 Å². The minimum absolute atomic E-state index is 0.0753. The van der Waals surface area contributed by atoms with Crippen LogP contribution < -0.4 is 0 Å². The maximum absolute atomic E-state index is 9.41. The summed E-state index contributed by atoms with van der Waals surface area (Å²) in [6, 6.07) is 72.9. The number of rotatable bonds is 8. The van der Waals surface area contributed by atoms with Crippen LogP contribution in [0.25, 0.3) is 128 Å². The van der Waals surface area contributed by atoms with Gasteiger partial charge in [-0.3, -0.25) is 0 Å². The predicted octanol–water partition coefficient (Wildman–Crippen LogP) is 16.5. The van der Waals surface area contributed by atoms with Crippen molar-refractivity contribution >= 4 is 43.7 Å². The largest absolute Gasteiger partial charge is 0.456 e. The molecule has 13 aromatic rings. The summed E-state index contributed by atoms with van der Waals surface area (Å²) in [5.74, 6) is 1.62. The van der Waals surface area contributed by atoms with Gasteiger partial charge >= 0.3 is 0 Å². The van der Waals surface area contributed by atoms with Gasteiger partial charge < -0.3 is 8.98 Å². The Labute approximate surface area is 398 Å². The van der Waals surface area contributed by atoms with E-state index in [9.17, 15) is 2.74 Å². The molecule has 0 saturated carbocycles. The lowest BCUT2D eigenvalue weighted by Crippen LogP contribution is -2.00. The van der Waals surface area contributed by atoms with Gasteiger partial charge in [0.1, 0.15) is 11.2 Å². The normalized spacial score (nSPS) is 12.4. The fourth-order valence-corrected chi connectivity index (χ4v) is 9.49. The van der Waals surface area contributed by atoms with Gasteiger partial charge in [0.25, 0.3) is 0 Å². The van der Waals surface area contributed by atoms with Crippen LogP contribution >= 0.6 is 0 Å². The Kier molecular flexibility index (Phi) is 8.45. The maximum Gasteiger partial charge on any atom is 0.164 e. The summed E-state index contributed by atoms with van der Waals surface area (Å²) in [7, 11) is 0. The highest BCUT2D eigenvalue weighted by Gasteiger charge is 2.19. The summed E-state index contributed by atoms with van der Waals surface area (Å²) < 4.78 is 44.6. The summed E-state index contributed by atoms with van der Waals surface area (Å²) in [5.41, 5.74) is 14.0. The molecule has 0 unspecified atom stereocenters. The summed E-state index contributed by atoms with van der Waals surface area (Å²) in [5, 5.41) is 3.29. The van der Waals surface area contributed by atoms with Gasteiger partial charge in [-0.15, -0.1) is 0 Å². The number of furan rings is 1. The molecule has 10 aromatic carbocycles. The number of nitrogens with zero attached hydrogens (tertiary/aromatic N) is 4. The van der Waals surface area contributed by atoms with E-state index in [4.69, 9.17) is 22.1 Å². The van der Waals surface area contributed by atoms with E-state index < -0.39 is 0 Å². The van der Waals surface area contributed by atoms with Crippen molar-refractivity contribution in [3.63, 3.8) is 0 Å². The Morgan fingerprint density at radius 2 is 0.853 bits per heavy atom. The summed E-state index contributed by atoms with van der Waals surface area (Å²) in [4.78, 5) is 15.0. The van der Waals surface area contributed by atoms with E-state index in [2.05, 4.69) is 84.9 Å². The second kappa shape index (κ2) is 16.4. The van der Waals surface area contributed by atoms with Gasteiger partial charge in [0, 0.05) is 49.5 Å². The molecule has 5 heteroatoms. The van der Waals surface area contributed by atoms with E-state index in [1.807, 2.05) is 138 Å². The second-order valence-corrected chi connectivity index (χ2v) is 16.9. The highest BCUT2D eigenvalue weighted by Crippen LogP contribution is 2.42. The van der Waals surface area contributed by atoms with Crippen LogP contribution in [0.5, 0.6) is 0 Å². The summed E-state index contributed by atoms with van der Waals surface area (Å²) in [6.07, 6.45) is 0. The molecule has 0 atom stereocenters. The first-order valence-corrected chi connectivity index (χ1v) is 22.6. The third-order valence-electron chi connectivity index (χ3n) is 12.8. The lowest BCUT2D eigenvalue weighted by atomic mass is 9.92. The molecule has 13 rings (SSSR count). The molecule has 5 nitrogen and oxygen atoms in total. The van der Waals surface area contributed by atoms with Crippen molar-refractivity contribution in [2.24, 2.45) is 0 Å². The van der Waals surface area contributed by atoms with Crippen LogP contribution in [0.2, 0.25) is 0 Å². The van der Waals surface area contributed by atoms with Crippen molar-refractivity contribution in [2.75, 3.05) is 0 Å². The molecule has 68 heavy (non-hydrogen) atoms. The van der Waals surface area contributed by atoms with Crippen molar-refractivity contribution in [2.45, 2.75) is 0 Å². The lowest BCUT2D eigenvalue weighted by molar-refractivity contribution is 0.669. The average molecular weight is 873 g/mol. The molecule has 0 bridgehead atoms. The van der Waals surface area contributed by atoms with Gasteiger partial charge in [0.15, 0.2) is 17.5 Å². The monoisotopic (exact) mass is 872 g/mol. The maximum atomic E-state index is 9.41. The zero-order valence-corrected chi connectivity index (χ0v) is 36.5. The van der Waals surface area contributed by atoms with Crippen molar-refractivity contribution < 1.29 is 9.90 Å². The van der Waals surface area contributed by atoms with Gasteiger partial charge in [-0.05, 0) is 93.5 Å². The van der Waals surface area contributed by atoms with Crippen LogP contribution in [0, 0.1) is 0 Å². The number of aromatic nitrogens is 4. The molecule has 318 valence electrons. The minimum Gasteiger partial charge on any atom is -0.456 e. The van der Waals surface area contributed by atoms with Gasteiger partial charge in [-0.25, -0.2) is 15.0 Å². The molecule has 0 aliphatic rings. The first-order valence-electron chi connectivity index (χ1n) is 24.6. The molecule has 3 aromatic heterocycles. The Bertz CT molecular complexity index is 4190. The third-order valence-corrected chi connectivity index (χ3v) is 12.8. The number of hydrogen-bond donors (Lipinski definition) is 0. The molecule has 3 heterocycles. The second-order valence-electron chi connectivity index (χ2n) is 16.9. The highest BCUT2D eigenvalue weighted by molar-refractivity contribution is 6.14. The van der Waals surface area contributed by atoms with Gasteiger partial charge in [-0.1, -0.05) is 188 Å². The van der Waals surface area contributed by atoms with Crippen molar-refractivity contribution in [1.29, 1.82) is 0 Å². The zero-order chi connectivity index (χ0) is 48.5. The zero-order valence-electron chi connectivity index (χ0n) is 40.5. The molecule has 0 fully saturated rings. The first-order chi connectivity index (χ1) is 35.3.